The maximum Gasteiger partial charge on any atom is 0.320 e. The number of ether oxygens (including phenoxy) is 1. The third kappa shape index (κ3) is 7.04. The normalized spacial score (nSPS) is 11.9. The number of rotatable bonds is 12. The smallest absolute Gasteiger partial charge is 0.320 e. The van der Waals surface area contributed by atoms with Gasteiger partial charge in [-0.1, -0.05) is 13.8 Å². The molecule has 0 aliphatic heterocycles. The highest BCUT2D eigenvalue weighted by molar-refractivity contribution is 6.11. The lowest BCUT2D eigenvalue weighted by molar-refractivity contribution is -0.139. The lowest BCUT2D eigenvalue weighted by Gasteiger charge is -2.16. The molecular weight excluding hydrogens is 477 g/mol. The molecule has 0 saturated heterocycles. The molecule has 3 aromatic rings. The average Bonchev–Trinajstić information content (AvgIpc) is 2.85. The Morgan fingerprint density at radius 1 is 1.11 bits per heavy atom. The van der Waals surface area contributed by atoms with Crippen molar-refractivity contribution >= 4 is 17.6 Å². The number of ketones is 1. The van der Waals surface area contributed by atoms with E-state index in [0.717, 1.165) is 0 Å². The number of aryl methyl sites for hydroxylation is 1. The molecule has 1 heterocycles. The molecular formula is C28H32FN3O5. The minimum Gasteiger partial charge on any atom is -0.494 e. The fourth-order valence-corrected chi connectivity index (χ4v) is 3.93. The highest BCUT2D eigenvalue weighted by atomic mass is 19.1. The van der Waals surface area contributed by atoms with Crippen LogP contribution in [0.1, 0.15) is 48.2 Å². The minimum atomic E-state index is -0.863. The molecule has 9 heteroatoms. The van der Waals surface area contributed by atoms with Crippen LogP contribution in [0.5, 0.6) is 5.75 Å². The van der Waals surface area contributed by atoms with Crippen molar-refractivity contribution in [2.75, 3.05) is 18.9 Å². The van der Waals surface area contributed by atoms with E-state index >= 15 is 0 Å². The van der Waals surface area contributed by atoms with Gasteiger partial charge < -0.3 is 20.9 Å². The first-order valence-electron chi connectivity index (χ1n) is 12.1. The molecule has 0 saturated carbocycles. The predicted molar refractivity (Wildman–Crippen MR) is 140 cm³/mol. The van der Waals surface area contributed by atoms with Gasteiger partial charge in [0, 0.05) is 11.6 Å². The van der Waals surface area contributed by atoms with Crippen LogP contribution in [0.3, 0.4) is 0 Å². The number of nitrogen functional groups attached to an aromatic ring is 1. The number of nitrogens with one attached hydrogen (secondary N) is 1. The van der Waals surface area contributed by atoms with E-state index in [1.807, 2.05) is 13.8 Å². The Morgan fingerprint density at radius 3 is 2.43 bits per heavy atom. The van der Waals surface area contributed by atoms with Gasteiger partial charge in [-0.05, 0) is 86.3 Å². The molecule has 3 rings (SSSR count). The number of pyridine rings is 1. The number of hydrogen-bond acceptors (Lipinski definition) is 6. The fourth-order valence-electron chi connectivity index (χ4n) is 3.93. The molecule has 0 spiro atoms. The van der Waals surface area contributed by atoms with E-state index < -0.39 is 29.2 Å². The highest BCUT2D eigenvalue weighted by Gasteiger charge is 2.19. The third-order valence-electron chi connectivity index (χ3n) is 5.88. The number of nitrogens with two attached hydrogens (primary N) is 1. The lowest BCUT2D eigenvalue weighted by Crippen LogP contribution is -2.38. The van der Waals surface area contributed by atoms with E-state index in [9.17, 15) is 23.9 Å². The first-order valence-corrected chi connectivity index (χ1v) is 12.1. The van der Waals surface area contributed by atoms with Gasteiger partial charge in [0.1, 0.15) is 23.4 Å². The molecule has 1 aromatic heterocycles. The second-order valence-electron chi connectivity index (χ2n) is 9.27. The maximum atomic E-state index is 13.6. The molecule has 0 aliphatic carbocycles. The van der Waals surface area contributed by atoms with Crippen molar-refractivity contribution in [2.24, 2.45) is 5.92 Å². The number of halogens is 1. The molecule has 37 heavy (non-hydrogen) atoms. The van der Waals surface area contributed by atoms with Crippen molar-refractivity contribution in [1.82, 2.24) is 9.88 Å². The molecule has 0 aliphatic rings. The summed E-state index contributed by atoms with van der Waals surface area (Å²) in [7, 11) is 0. The fraction of sp³-hybridized carbons (Fsp3) is 0.321. The van der Waals surface area contributed by atoms with Crippen molar-refractivity contribution in [1.29, 1.82) is 0 Å². The summed E-state index contributed by atoms with van der Waals surface area (Å²) in [4.78, 5) is 36.9. The van der Waals surface area contributed by atoms with Crippen LogP contribution < -0.4 is 21.3 Å². The Balaban J connectivity index is 1.66. The summed E-state index contributed by atoms with van der Waals surface area (Å²) in [5, 5.41) is 12.3. The van der Waals surface area contributed by atoms with Crippen molar-refractivity contribution in [3.63, 3.8) is 0 Å². The number of carbonyl (C=O) groups is 2. The van der Waals surface area contributed by atoms with Crippen molar-refractivity contribution < 1.29 is 23.8 Å². The van der Waals surface area contributed by atoms with Crippen LogP contribution >= 0.6 is 0 Å². The molecule has 196 valence electrons. The van der Waals surface area contributed by atoms with Gasteiger partial charge >= 0.3 is 5.97 Å². The topological polar surface area (TPSA) is 124 Å². The Hall–Kier alpha value is -3.98. The summed E-state index contributed by atoms with van der Waals surface area (Å²) in [5.41, 5.74) is 7.03. The van der Waals surface area contributed by atoms with E-state index in [0.29, 0.717) is 43.0 Å². The van der Waals surface area contributed by atoms with Gasteiger partial charge in [0.05, 0.1) is 17.9 Å². The zero-order valence-electron chi connectivity index (χ0n) is 21.2. The van der Waals surface area contributed by atoms with Crippen LogP contribution in [-0.4, -0.2) is 40.6 Å². The van der Waals surface area contributed by atoms with Crippen LogP contribution in [0.15, 0.2) is 59.4 Å². The van der Waals surface area contributed by atoms with Crippen LogP contribution in [0, 0.1) is 18.7 Å². The van der Waals surface area contributed by atoms with Gasteiger partial charge in [0.15, 0.2) is 5.78 Å². The third-order valence-corrected chi connectivity index (χ3v) is 5.88. The Labute approximate surface area is 214 Å². The van der Waals surface area contributed by atoms with Gasteiger partial charge in [-0.25, -0.2) is 4.39 Å². The second kappa shape index (κ2) is 12.3. The Kier molecular flexibility index (Phi) is 9.19. The number of anilines is 1. The van der Waals surface area contributed by atoms with Gasteiger partial charge in [-0.15, -0.1) is 0 Å². The summed E-state index contributed by atoms with van der Waals surface area (Å²) in [6, 6.07) is 12.8. The number of benzene rings is 2. The Morgan fingerprint density at radius 2 is 1.81 bits per heavy atom. The molecule has 0 fully saturated rings. The predicted octanol–water partition coefficient (Wildman–Crippen LogP) is 3.96. The summed E-state index contributed by atoms with van der Waals surface area (Å²) >= 11 is 0. The molecule has 4 N–H and O–H groups in total. The average molecular weight is 510 g/mol. The van der Waals surface area contributed by atoms with E-state index in [1.165, 1.54) is 34.9 Å². The van der Waals surface area contributed by atoms with Crippen LogP contribution in [0.25, 0.3) is 5.69 Å². The number of nitrogens with zero attached hydrogens (tertiary/aromatic N) is 1. The van der Waals surface area contributed by atoms with Gasteiger partial charge in [0.25, 0.3) is 5.56 Å². The number of aromatic nitrogens is 1. The van der Waals surface area contributed by atoms with Gasteiger partial charge in [-0.3, -0.25) is 19.0 Å². The zero-order chi connectivity index (χ0) is 27.1. The summed E-state index contributed by atoms with van der Waals surface area (Å²) < 4.78 is 20.6. The second-order valence-corrected chi connectivity index (χ2v) is 9.27. The molecule has 0 bridgehead atoms. The van der Waals surface area contributed by atoms with E-state index in [-0.39, 0.29) is 22.9 Å². The zero-order valence-corrected chi connectivity index (χ0v) is 21.2. The maximum absolute atomic E-state index is 13.6. The van der Waals surface area contributed by atoms with Crippen molar-refractivity contribution in [3.05, 3.63) is 87.5 Å². The van der Waals surface area contributed by atoms with E-state index in [1.54, 1.807) is 31.2 Å². The van der Waals surface area contributed by atoms with Crippen LogP contribution in [0.4, 0.5) is 10.2 Å². The number of carboxylic acid groups (broad SMARTS) is 1. The SMILES string of the molecule is Cc1cc(C(=O)c2ccc(=O)n(-c3ccc(OCCCN[C@@H](CC(C)C)C(=O)O)cc3)c2N)ccc1F. The Bertz CT molecular complexity index is 1320. The van der Waals surface area contributed by atoms with Gasteiger partial charge in [-0.2, -0.15) is 0 Å². The summed E-state index contributed by atoms with van der Waals surface area (Å²) in [5.74, 6) is -0.867. The minimum absolute atomic E-state index is 0.0198. The molecule has 8 nitrogen and oxygen atoms in total. The molecule has 0 radical (unpaired) electrons. The lowest BCUT2D eigenvalue weighted by atomic mass is 10.0. The largest absolute Gasteiger partial charge is 0.494 e. The highest BCUT2D eigenvalue weighted by Crippen LogP contribution is 2.22. The quantitative estimate of drug-likeness (QED) is 0.249. The van der Waals surface area contributed by atoms with Crippen LogP contribution in [0.2, 0.25) is 0 Å². The summed E-state index contributed by atoms with van der Waals surface area (Å²) in [6.45, 7) is 6.40. The monoisotopic (exact) mass is 509 g/mol. The molecule has 1 atom stereocenters. The van der Waals surface area contributed by atoms with E-state index in [2.05, 4.69) is 5.32 Å². The standard InChI is InChI=1S/C28H32FN3O5/c1-17(2)15-24(28(35)36)31-13-4-14-37-21-8-6-20(7-9-21)32-25(33)12-10-22(27(32)30)26(34)19-5-11-23(29)18(3)16-19/h5-12,16-17,24,31H,4,13-15,30H2,1-3H3,(H,35,36)/t24-/m0/s1. The summed E-state index contributed by atoms with van der Waals surface area (Å²) in [6.07, 6.45) is 1.17. The van der Waals surface area contributed by atoms with Crippen LogP contribution in [-0.2, 0) is 4.79 Å². The van der Waals surface area contributed by atoms with Crippen molar-refractivity contribution in [2.45, 2.75) is 39.7 Å². The first kappa shape index (κ1) is 27.6. The molecule has 0 amide bonds. The first-order chi connectivity index (χ1) is 17.6. The molecule has 2 aromatic carbocycles. The van der Waals surface area contributed by atoms with E-state index in [4.69, 9.17) is 10.5 Å². The number of carboxylic acids is 1. The number of carbonyl (C=O) groups excluding carboxylic acids is 1. The van der Waals surface area contributed by atoms with Crippen molar-refractivity contribution in [3.8, 4) is 11.4 Å². The molecule has 0 unspecified atom stereocenters. The van der Waals surface area contributed by atoms with Gasteiger partial charge in [0.2, 0.25) is 0 Å². The number of aliphatic carboxylic acids is 1. The number of hydrogen-bond donors (Lipinski definition) is 3.